The lowest BCUT2D eigenvalue weighted by Crippen LogP contribution is -2.49. The van der Waals surface area contributed by atoms with E-state index in [2.05, 4.69) is 15.5 Å². The van der Waals surface area contributed by atoms with Crippen LogP contribution in [0, 0.1) is 5.92 Å². The number of aromatic nitrogens is 3. The van der Waals surface area contributed by atoms with Gasteiger partial charge in [0.25, 0.3) is 0 Å². The molecule has 2 fully saturated rings. The number of aryl methyl sites for hydroxylation is 1. The first-order valence-electron chi connectivity index (χ1n) is 9.64. The fraction of sp³-hybridized carbons (Fsp3) is 0.778. The predicted octanol–water partition coefficient (Wildman–Crippen LogP) is 1.98. The van der Waals surface area contributed by atoms with Crippen LogP contribution in [0.2, 0.25) is 0 Å². The van der Waals surface area contributed by atoms with E-state index in [0.29, 0.717) is 5.91 Å². The number of hydrogen-bond donors (Lipinski definition) is 1. The molecule has 0 radical (unpaired) electrons. The van der Waals surface area contributed by atoms with Crippen molar-refractivity contribution in [2.45, 2.75) is 68.3 Å². The molecule has 2 aliphatic rings. The number of nitrogens with zero attached hydrogens (tertiary/aromatic N) is 4. The van der Waals surface area contributed by atoms with Crippen molar-refractivity contribution < 1.29 is 9.59 Å². The van der Waals surface area contributed by atoms with Gasteiger partial charge in [0.05, 0.1) is 5.25 Å². The van der Waals surface area contributed by atoms with Gasteiger partial charge in [-0.05, 0) is 32.6 Å². The number of piperidine rings is 1. The van der Waals surface area contributed by atoms with E-state index in [1.807, 2.05) is 23.4 Å². The first-order valence-corrected chi connectivity index (χ1v) is 10.5. The smallest absolute Gasteiger partial charge is 0.233 e. The highest BCUT2D eigenvalue weighted by atomic mass is 32.2. The molecular weight excluding hydrogens is 350 g/mol. The van der Waals surface area contributed by atoms with Crippen molar-refractivity contribution >= 4 is 23.6 Å². The number of rotatable bonds is 5. The summed E-state index contributed by atoms with van der Waals surface area (Å²) in [4.78, 5) is 27.1. The van der Waals surface area contributed by atoms with Gasteiger partial charge < -0.3 is 14.8 Å². The summed E-state index contributed by atoms with van der Waals surface area (Å²) in [6, 6.07) is 0.153. The van der Waals surface area contributed by atoms with Gasteiger partial charge in [0.1, 0.15) is 6.33 Å². The fourth-order valence-electron chi connectivity index (χ4n) is 3.76. The maximum atomic E-state index is 12.6. The van der Waals surface area contributed by atoms with Crippen molar-refractivity contribution in [1.29, 1.82) is 0 Å². The molecule has 144 valence electrons. The van der Waals surface area contributed by atoms with Crippen LogP contribution < -0.4 is 5.32 Å². The number of carbonyl (C=O) groups excluding carboxylic acids is 2. The zero-order valence-corrected chi connectivity index (χ0v) is 16.5. The second-order valence-corrected chi connectivity index (χ2v) is 8.74. The average Bonchev–Trinajstić information content (AvgIpc) is 3.07. The van der Waals surface area contributed by atoms with Gasteiger partial charge in [-0.25, -0.2) is 0 Å². The van der Waals surface area contributed by atoms with Gasteiger partial charge >= 0.3 is 0 Å². The molecule has 7 nitrogen and oxygen atoms in total. The van der Waals surface area contributed by atoms with Crippen molar-refractivity contribution in [3.05, 3.63) is 6.33 Å². The molecule has 0 spiro atoms. The Morgan fingerprint density at radius 3 is 2.50 bits per heavy atom. The monoisotopic (exact) mass is 379 g/mol. The Balaban J connectivity index is 1.42. The molecule has 1 saturated carbocycles. The molecule has 8 heteroatoms. The van der Waals surface area contributed by atoms with Crippen LogP contribution in [0.4, 0.5) is 0 Å². The van der Waals surface area contributed by atoms with Gasteiger partial charge in [-0.15, -0.1) is 10.2 Å². The van der Waals surface area contributed by atoms with Crippen LogP contribution in [0.15, 0.2) is 11.5 Å². The highest BCUT2D eigenvalue weighted by molar-refractivity contribution is 8.00. The standard InChI is InChI=1S/C18H29N5O2S/c1-13(26-18-21-19-12-22(18)2)16(24)20-15-8-10-23(11-9-15)17(25)14-6-4-3-5-7-14/h12-15H,3-11H2,1-2H3,(H,20,24)/t13-/m0/s1. The summed E-state index contributed by atoms with van der Waals surface area (Å²) in [5.41, 5.74) is 0. The molecular formula is C18H29N5O2S. The minimum Gasteiger partial charge on any atom is -0.352 e. The highest BCUT2D eigenvalue weighted by Gasteiger charge is 2.30. The lowest BCUT2D eigenvalue weighted by molar-refractivity contribution is -0.137. The van der Waals surface area contributed by atoms with E-state index in [0.717, 1.165) is 43.9 Å². The number of nitrogens with one attached hydrogen (secondary N) is 1. The summed E-state index contributed by atoms with van der Waals surface area (Å²) in [5.74, 6) is 0.591. The average molecular weight is 380 g/mol. The Bertz CT molecular complexity index is 621. The minimum absolute atomic E-state index is 0.0232. The van der Waals surface area contributed by atoms with Crippen LogP contribution in [0.5, 0.6) is 0 Å². The number of thioether (sulfide) groups is 1. The summed E-state index contributed by atoms with van der Waals surface area (Å²) in [6.07, 6.45) is 9.04. The third-order valence-electron chi connectivity index (χ3n) is 5.43. The van der Waals surface area contributed by atoms with E-state index in [-0.39, 0.29) is 23.1 Å². The Morgan fingerprint density at radius 2 is 1.88 bits per heavy atom. The van der Waals surface area contributed by atoms with E-state index in [1.54, 1.807) is 6.33 Å². The van der Waals surface area contributed by atoms with E-state index in [9.17, 15) is 9.59 Å². The second-order valence-electron chi connectivity index (χ2n) is 7.43. The summed E-state index contributed by atoms with van der Waals surface area (Å²) in [7, 11) is 1.87. The Morgan fingerprint density at radius 1 is 1.19 bits per heavy atom. The van der Waals surface area contributed by atoms with Crippen LogP contribution in [-0.2, 0) is 16.6 Å². The third kappa shape index (κ3) is 4.78. The summed E-state index contributed by atoms with van der Waals surface area (Å²) >= 11 is 1.41. The van der Waals surface area contributed by atoms with Crippen molar-refractivity contribution in [3.63, 3.8) is 0 Å². The van der Waals surface area contributed by atoms with Crippen LogP contribution in [0.1, 0.15) is 51.9 Å². The maximum absolute atomic E-state index is 12.6. The van der Waals surface area contributed by atoms with Gasteiger partial charge in [-0.3, -0.25) is 9.59 Å². The van der Waals surface area contributed by atoms with Crippen LogP contribution in [-0.4, -0.2) is 55.9 Å². The quantitative estimate of drug-likeness (QED) is 0.792. The van der Waals surface area contributed by atoms with Crippen LogP contribution >= 0.6 is 11.8 Å². The number of hydrogen-bond acceptors (Lipinski definition) is 5. The Kier molecular flexibility index (Phi) is 6.56. The molecule has 1 aromatic rings. The summed E-state index contributed by atoms with van der Waals surface area (Å²) in [5, 5.41) is 11.5. The SMILES string of the molecule is C[C@H](Sc1nncn1C)C(=O)NC1CCN(C(=O)C2CCCCC2)CC1. The number of likely N-dealkylation sites (tertiary alicyclic amines) is 1. The van der Waals surface area contributed by atoms with Gasteiger partial charge in [-0.1, -0.05) is 31.0 Å². The largest absolute Gasteiger partial charge is 0.352 e. The normalized spacial score (nSPS) is 20.8. The van der Waals surface area contributed by atoms with Gasteiger partial charge in [0.2, 0.25) is 11.8 Å². The molecule has 0 unspecified atom stereocenters. The predicted molar refractivity (Wildman–Crippen MR) is 101 cm³/mol. The zero-order valence-electron chi connectivity index (χ0n) is 15.7. The highest BCUT2D eigenvalue weighted by Crippen LogP contribution is 2.27. The minimum atomic E-state index is -0.222. The summed E-state index contributed by atoms with van der Waals surface area (Å²) in [6.45, 7) is 3.40. The number of carbonyl (C=O) groups is 2. The molecule has 1 saturated heterocycles. The van der Waals surface area contributed by atoms with Crippen molar-refractivity contribution in [3.8, 4) is 0 Å². The van der Waals surface area contributed by atoms with Gasteiger partial charge in [-0.2, -0.15) is 0 Å². The van der Waals surface area contributed by atoms with Crippen molar-refractivity contribution in [1.82, 2.24) is 25.0 Å². The van der Waals surface area contributed by atoms with Crippen molar-refractivity contribution in [2.24, 2.45) is 13.0 Å². The maximum Gasteiger partial charge on any atom is 0.233 e. The van der Waals surface area contributed by atoms with E-state index in [1.165, 1.54) is 31.0 Å². The number of amides is 2. The molecule has 0 aromatic carbocycles. The Labute approximate surface area is 159 Å². The first kappa shape index (κ1) is 19.2. The fourth-order valence-corrected chi connectivity index (χ4v) is 4.56. The van der Waals surface area contributed by atoms with Crippen LogP contribution in [0.3, 0.4) is 0 Å². The second kappa shape index (κ2) is 8.88. The van der Waals surface area contributed by atoms with E-state index < -0.39 is 0 Å². The Hall–Kier alpha value is -1.57. The molecule has 0 bridgehead atoms. The molecule has 1 aliphatic heterocycles. The first-order chi connectivity index (χ1) is 12.5. The van der Waals surface area contributed by atoms with Gasteiger partial charge in [0.15, 0.2) is 5.16 Å². The molecule has 2 heterocycles. The molecule has 26 heavy (non-hydrogen) atoms. The topological polar surface area (TPSA) is 80.1 Å². The lowest BCUT2D eigenvalue weighted by Gasteiger charge is -2.35. The van der Waals surface area contributed by atoms with Crippen molar-refractivity contribution in [2.75, 3.05) is 13.1 Å². The van der Waals surface area contributed by atoms with E-state index >= 15 is 0 Å². The zero-order chi connectivity index (χ0) is 18.5. The van der Waals surface area contributed by atoms with Crippen LogP contribution in [0.25, 0.3) is 0 Å². The molecule has 1 atom stereocenters. The lowest BCUT2D eigenvalue weighted by atomic mass is 9.87. The molecule has 2 amide bonds. The van der Waals surface area contributed by atoms with Gasteiger partial charge in [0, 0.05) is 32.1 Å². The third-order valence-corrected chi connectivity index (χ3v) is 6.58. The molecule has 1 N–H and O–H groups in total. The molecule has 1 aromatic heterocycles. The molecule has 3 rings (SSSR count). The molecule has 1 aliphatic carbocycles. The summed E-state index contributed by atoms with van der Waals surface area (Å²) < 4.78 is 1.81. The van der Waals surface area contributed by atoms with E-state index in [4.69, 9.17) is 0 Å².